The molecule has 0 fully saturated rings. The zero-order valence-corrected chi connectivity index (χ0v) is 16.0. The number of benzene rings is 3. The first-order valence-electron chi connectivity index (χ1n) is 9.66. The molecule has 2 N–H and O–H groups in total. The first-order chi connectivity index (χ1) is 12.6. The summed E-state index contributed by atoms with van der Waals surface area (Å²) >= 11 is 0. The van der Waals surface area contributed by atoms with Crippen LogP contribution in [-0.4, -0.2) is 13.6 Å². The highest BCUT2D eigenvalue weighted by Gasteiger charge is 2.26. The van der Waals surface area contributed by atoms with Crippen molar-refractivity contribution >= 4 is 10.8 Å². The zero-order valence-electron chi connectivity index (χ0n) is 16.0. The SMILES string of the molecule is CCC(C)(NC)c1ccc2c(c1)CNCC2c1ccc2ccccc2c1. The lowest BCUT2D eigenvalue weighted by atomic mass is 9.81. The van der Waals surface area contributed by atoms with Gasteiger partial charge in [0.25, 0.3) is 0 Å². The summed E-state index contributed by atoms with van der Waals surface area (Å²) in [4.78, 5) is 0. The van der Waals surface area contributed by atoms with E-state index in [2.05, 4.69) is 92.2 Å². The molecule has 0 aliphatic carbocycles. The van der Waals surface area contributed by atoms with Crippen molar-refractivity contribution < 1.29 is 0 Å². The van der Waals surface area contributed by atoms with Crippen molar-refractivity contribution in [3.05, 3.63) is 82.9 Å². The Hall–Kier alpha value is -2.16. The van der Waals surface area contributed by atoms with Gasteiger partial charge < -0.3 is 10.6 Å². The summed E-state index contributed by atoms with van der Waals surface area (Å²) in [6, 6.07) is 22.6. The Bertz CT molecular complexity index is 924. The molecule has 1 aliphatic heterocycles. The van der Waals surface area contributed by atoms with Crippen LogP contribution in [0, 0.1) is 0 Å². The lowest BCUT2D eigenvalue weighted by Gasteiger charge is -2.32. The van der Waals surface area contributed by atoms with E-state index in [1.54, 1.807) is 0 Å². The average Bonchev–Trinajstić information content (AvgIpc) is 2.72. The monoisotopic (exact) mass is 344 g/mol. The summed E-state index contributed by atoms with van der Waals surface area (Å²) in [5.41, 5.74) is 5.71. The first kappa shape index (κ1) is 17.3. The van der Waals surface area contributed by atoms with E-state index < -0.39 is 0 Å². The molecule has 26 heavy (non-hydrogen) atoms. The van der Waals surface area contributed by atoms with Gasteiger partial charge in [0.05, 0.1) is 0 Å². The third-order valence-electron chi connectivity index (χ3n) is 6.25. The van der Waals surface area contributed by atoms with Crippen molar-refractivity contribution in [2.45, 2.75) is 38.3 Å². The molecular formula is C24H28N2. The number of rotatable bonds is 4. The predicted molar refractivity (Wildman–Crippen MR) is 111 cm³/mol. The van der Waals surface area contributed by atoms with Crippen LogP contribution in [0.15, 0.2) is 60.7 Å². The average molecular weight is 345 g/mol. The van der Waals surface area contributed by atoms with Crippen molar-refractivity contribution in [1.82, 2.24) is 10.6 Å². The Balaban J connectivity index is 1.75. The van der Waals surface area contributed by atoms with Crippen LogP contribution in [0.2, 0.25) is 0 Å². The molecule has 2 unspecified atom stereocenters. The van der Waals surface area contributed by atoms with Crippen molar-refractivity contribution in [2.24, 2.45) is 0 Å². The molecule has 1 heterocycles. The lowest BCUT2D eigenvalue weighted by Crippen LogP contribution is -2.37. The van der Waals surface area contributed by atoms with E-state index in [0.717, 1.165) is 19.5 Å². The number of hydrogen-bond donors (Lipinski definition) is 2. The zero-order chi connectivity index (χ0) is 18.1. The van der Waals surface area contributed by atoms with Crippen LogP contribution in [0.3, 0.4) is 0 Å². The third kappa shape index (κ3) is 2.94. The summed E-state index contributed by atoms with van der Waals surface area (Å²) < 4.78 is 0. The number of fused-ring (bicyclic) bond motifs is 2. The number of nitrogens with one attached hydrogen (secondary N) is 2. The van der Waals surface area contributed by atoms with E-state index in [-0.39, 0.29) is 5.54 Å². The normalized spacial score (nSPS) is 19.1. The molecule has 2 heteroatoms. The van der Waals surface area contributed by atoms with Gasteiger partial charge >= 0.3 is 0 Å². The summed E-state index contributed by atoms with van der Waals surface area (Å²) in [5.74, 6) is 0.417. The molecule has 0 aromatic heterocycles. The molecule has 3 aromatic carbocycles. The molecule has 0 radical (unpaired) electrons. The molecule has 2 atom stereocenters. The third-order valence-corrected chi connectivity index (χ3v) is 6.25. The molecule has 2 nitrogen and oxygen atoms in total. The van der Waals surface area contributed by atoms with E-state index in [0.29, 0.717) is 5.92 Å². The van der Waals surface area contributed by atoms with Gasteiger partial charge in [-0.3, -0.25) is 0 Å². The summed E-state index contributed by atoms with van der Waals surface area (Å²) in [7, 11) is 2.05. The molecule has 0 spiro atoms. The van der Waals surface area contributed by atoms with Crippen LogP contribution >= 0.6 is 0 Å². The molecule has 0 amide bonds. The standard InChI is InChI=1S/C24H28N2/c1-4-24(2,25-3)21-11-12-22-20(14-21)15-26-16-23(22)19-10-9-17-7-5-6-8-18(17)13-19/h5-14,23,25-26H,4,15-16H2,1-3H3. The van der Waals surface area contributed by atoms with Crippen molar-refractivity contribution in [3.63, 3.8) is 0 Å². The maximum Gasteiger partial charge on any atom is 0.0401 e. The molecule has 0 saturated heterocycles. The van der Waals surface area contributed by atoms with Crippen LogP contribution in [0.5, 0.6) is 0 Å². The van der Waals surface area contributed by atoms with Crippen LogP contribution in [0.25, 0.3) is 10.8 Å². The Morgan fingerprint density at radius 1 is 1.04 bits per heavy atom. The fourth-order valence-electron chi connectivity index (χ4n) is 4.15. The second-order valence-electron chi connectivity index (χ2n) is 7.64. The fourth-order valence-corrected chi connectivity index (χ4v) is 4.15. The van der Waals surface area contributed by atoms with E-state index in [1.807, 2.05) is 0 Å². The van der Waals surface area contributed by atoms with E-state index in [1.165, 1.54) is 33.0 Å². The minimum Gasteiger partial charge on any atom is -0.312 e. The van der Waals surface area contributed by atoms with Crippen LogP contribution in [0.4, 0.5) is 0 Å². The number of hydrogen-bond acceptors (Lipinski definition) is 2. The molecule has 3 aromatic rings. The quantitative estimate of drug-likeness (QED) is 0.702. The summed E-state index contributed by atoms with van der Waals surface area (Å²) in [6.45, 7) is 6.48. The maximum absolute atomic E-state index is 3.63. The lowest BCUT2D eigenvalue weighted by molar-refractivity contribution is 0.385. The van der Waals surface area contributed by atoms with Crippen LogP contribution in [-0.2, 0) is 12.1 Å². The van der Waals surface area contributed by atoms with Crippen molar-refractivity contribution in [3.8, 4) is 0 Å². The van der Waals surface area contributed by atoms with Gasteiger partial charge in [0.1, 0.15) is 0 Å². The molecule has 0 saturated carbocycles. The second kappa shape index (κ2) is 6.86. The summed E-state index contributed by atoms with van der Waals surface area (Å²) in [5, 5.41) is 9.76. The molecule has 1 aliphatic rings. The Morgan fingerprint density at radius 2 is 1.85 bits per heavy atom. The highest BCUT2D eigenvalue weighted by molar-refractivity contribution is 5.83. The van der Waals surface area contributed by atoms with Gasteiger partial charge in [0, 0.05) is 24.5 Å². The van der Waals surface area contributed by atoms with Crippen molar-refractivity contribution in [2.75, 3.05) is 13.6 Å². The first-order valence-corrected chi connectivity index (χ1v) is 9.66. The molecule has 0 bridgehead atoms. The summed E-state index contributed by atoms with van der Waals surface area (Å²) in [6.07, 6.45) is 1.07. The van der Waals surface area contributed by atoms with Gasteiger partial charge in [-0.05, 0) is 53.4 Å². The van der Waals surface area contributed by atoms with E-state index >= 15 is 0 Å². The van der Waals surface area contributed by atoms with Gasteiger partial charge in [0.15, 0.2) is 0 Å². The highest BCUT2D eigenvalue weighted by Crippen LogP contribution is 2.34. The van der Waals surface area contributed by atoms with Gasteiger partial charge in [-0.1, -0.05) is 67.6 Å². The smallest absolute Gasteiger partial charge is 0.0401 e. The van der Waals surface area contributed by atoms with Crippen LogP contribution in [0.1, 0.15) is 48.4 Å². The minimum absolute atomic E-state index is 0.0327. The van der Waals surface area contributed by atoms with Gasteiger partial charge in [-0.2, -0.15) is 0 Å². The second-order valence-corrected chi connectivity index (χ2v) is 7.64. The largest absolute Gasteiger partial charge is 0.312 e. The van der Waals surface area contributed by atoms with Gasteiger partial charge in [-0.25, -0.2) is 0 Å². The highest BCUT2D eigenvalue weighted by atomic mass is 14.9. The Kier molecular flexibility index (Phi) is 4.56. The topological polar surface area (TPSA) is 24.1 Å². The molecule has 4 rings (SSSR count). The van der Waals surface area contributed by atoms with E-state index in [4.69, 9.17) is 0 Å². The van der Waals surface area contributed by atoms with Crippen LogP contribution < -0.4 is 10.6 Å². The molecular weight excluding hydrogens is 316 g/mol. The van der Waals surface area contributed by atoms with E-state index in [9.17, 15) is 0 Å². The fraction of sp³-hybridized carbons (Fsp3) is 0.333. The molecule has 134 valence electrons. The Morgan fingerprint density at radius 3 is 2.62 bits per heavy atom. The maximum atomic E-state index is 3.63. The Labute approximate surface area is 156 Å². The van der Waals surface area contributed by atoms with Gasteiger partial charge in [0.2, 0.25) is 0 Å². The van der Waals surface area contributed by atoms with Crippen molar-refractivity contribution in [1.29, 1.82) is 0 Å². The minimum atomic E-state index is 0.0327. The van der Waals surface area contributed by atoms with Gasteiger partial charge in [-0.15, -0.1) is 0 Å². The predicted octanol–water partition coefficient (Wildman–Crippen LogP) is 4.92.